The molecule has 0 N–H and O–H groups in total. The first-order valence-corrected chi connectivity index (χ1v) is 6.21. The highest BCUT2D eigenvalue weighted by atomic mass is 14.4. The summed E-state index contributed by atoms with van der Waals surface area (Å²) in [6, 6.07) is 0. The Morgan fingerprint density at radius 3 is 1.69 bits per heavy atom. The van der Waals surface area contributed by atoms with E-state index in [0.29, 0.717) is 0 Å². The van der Waals surface area contributed by atoms with Crippen LogP contribution in [0.3, 0.4) is 0 Å². The summed E-state index contributed by atoms with van der Waals surface area (Å²) >= 11 is 0. The molecule has 0 radical (unpaired) electrons. The second-order valence-corrected chi connectivity index (χ2v) is 4.43. The van der Waals surface area contributed by atoms with Gasteiger partial charge in [-0.2, -0.15) is 0 Å². The van der Waals surface area contributed by atoms with E-state index in [2.05, 4.69) is 20.8 Å². The molecule has 0 aliphatic heterocycles. The minimum atomic E-state index is 0.720. The van der Waals surface area contributed by atoms with Gasteiger partial charge in [0.25, 0.3) is 0 Å². The Hall–Kier alpha value is 0. The lowest BCUT2D eigenvalue weighted by Crippen LogP contribution is -2.28. The van der Waals surface area contributed by atoms with E-state index in [0.717, 1.165) is 11.3 Å². The zero-order valence-corrected chi connectivity index (χ0v) is 10.3. The van der Waals surface area contributed by atoms with E-state index in [9.17, 15) is 0 Å². The van der Waals surface area contributed by atoms with Gasteiger partial charge in [0, 0.05) is 0 Å². The molecule has 1 fully saturated rings. The van der Waals surface area contributed by atoms with E-state index in [-0.39, 0.29) is 0 Å². The Morgan fingerprint density at radius 2 is 1.46 bits per heavy atom. The summed E-state index contributed by atoms with van der Waals surface area (Å²) in [6.07, 6.45) is 8.81. The molecule has 1 aliphatic carbocycles. The Morgan fingerprint density at radius 1 is 1.00 bits per heavy atom. The molecule has 0 saturated heterocycles. The SMILES string of the molecule is CC.CCC1(C(C)C)CCCCC1. The maximum Gasteiger partial charge on any atom is -0.0277 e. The summed E-state index contributed by atoms with van der Waals surface area (Å²) in [7, 11) is 0. The van der Waals surface area contributed by atoms with Crippen molar-refractivity contribution in [3.8, 4) is 0 Å². The summed E-state index contributed by atoms with van der Waals surface area (Å²) in [4.78, 5) is 0. The highest BCUT2D eigenvalue weighted by molar-refractivity contribution is 4.83. The van der Waals surface area contributed by atoms with Gasteiger partial charge in [-0.1, -0.05) is 60.3 Å². The summed E-state index contributed by atoms with van der Waals surface area (Å²) in [5, 5.41) is 0. The molecule has 0 nitrogen and oxygen atoms in total. The van der Waals surface area contributed by atoms with E-state index >= 15 is 0 Å². The Kier molecular flexibility index (Phi) is 6.45. The van der Waals surface area contributed by atoms with Gasteiger partial charge < -0.3 is 0 Å². The molecule has 0 spiro atoms. The first kappa shape index (κ1) is 13.0. The van der Waals surface area contributed by atoms with Crippen LogP contribution in [0.1, 0.15) is 73.1 Å². The predicted octanol–water partition coefficient (Wildman–Crippen LogP) is 5.03. The molecule has 0 heteroatoms. The fourth-order valence-electron chi connectivity index (χ4n) is 2.60. The molecule has 0 atom stereocenters. The molecule has 0 aromatic carbocycles. The van der Waals surface area contributed by atoms with Crippen LogP contribution in [0.5, 0.6) is 0 Å². The maximum absolute atomic E-state index is 2.40. The lowest BCUT2D eigenvalue weighted by atomic mass is 9.65. The summed E-state index contributed by atoms with van der Waals surface area (Å²) in [5.74, 6) is 0.896. The average Bonchev–Trinajstić information content (AvgIpc) is 2.21. The largest absolute Gasteiger partial charge is 0.0683 e. The monoisotopic (exact) mass is 184 g/mol. The van der Waals surface area contributed by atoms with Gasteiger partial charge in [0.05, 0.1) is 0 Å². The normalized spacial score (nSPS) is 20.8. The van der Waals surface area contributed by atoms with E-state index < -0.39 is 0 Å². The first-order valence-electron chi connectivity index (χ1n) is 6.21. The van der Waals surface area contributed by atoms with Gasteiger partial charge in [-0.25, -0.2) is 0 Å². The summed E-state index contributed by atoms with van der Waals surface area (Å²) in [6.45, 7) is 11.2. The molecular formula is C13H28. The smallest absolute Gasteiger partial charge is 0.0277 e. The van der Waals surface area contributed by atoms with Crippen molar-refractivity contribution in [1.29, 1.82) is 0 Å². The van der Waals surface area contributed by atoms with Crippen LogP contribution in [0.2, 0.25) is 0 Å². The van der Waals surface area contributed by atoms with Gasteiger partial charge >= 0.3 is 0 Å². The fraction of sp³-hybridized carbons (Fsp3) is 1.00. The van der Waals surface area contributed by atoms with E-state index in [4.69, 9.17) is 0 Å². The summed E-state index contributed by atoms with van der Waals surface area (Å²) < 4.78 is 0. The second kappa shape index (κ2) is 6.45. The highest BCUT2D eigenvalue weighted by Gasteiger charge is 2.32. The molecule has 13 heavy (non-hydrogen) atoms. The van der Waals surface area contributed by atoms with Crippen molar-refractivity contribution < 1.29 is 0 Å². The molecule has 0 aromatic heterocycles. The molecule has 80 valence electrons. The lowest BCUT2D eigenvalue weighted by Gasteiger charge is -2.40. The van der Waals surface area contributed by atoms with Crippen molar-refractivity contribution in [3.05, 3.63) is 0 Å². The zero-order valence-electron chi connectivity index (χ0n) is 10.3. The Labute approximate surface area is 85.1 Å². The van der Waals surface area contributed by atoms with Crippen molar-refractivity contribution in [2.45, 2.75) is 73.1 Å². The van der Waals surface area contributed by atoms with E-state index in [1.807, 2.05) is 13.8 Å². The molecule has 0 bridgehead atoms. The topological polar surface area (TPSA) is 0 Å². The van der Waals surface area contributed by atoms with Crippen LogP contribution in [0.15, 0.2) is 0 Å². The van der Waals surface area contributed by atoms with Crippen molar-refractivity contribution >= 4 is 0 Å². The third kappa shape index (κ3) is 3.32. The van der Waals surface area contributed by atoms with Crippen LogP contribution >= 0.6 is 0 Å². The Balaban J connectivity index is 0.000000671. The number of hydrogen-bond donors (Lipinski definition) is 0. The molecular weight excluding hydrogens is 156 g/mol. The van der Waals surface area contributed by atoms with Crippen LogP contribution < -0.4 is 0 Å². The third-order valence-corrected chi connectivity index (χ3v) is 3.78. The molecule has 1 aliphatic rings. The van der Waals surface area contributed by atoms with Crippen LogP contribution in [0, 0.1) is 11.3 Å². The molecule has 0 heterocycles. The quantitative estimate of drug-likeness (QED) is 0.564. The van der Waals surface area contributed by atoms with Crippen molar-refractivity contribution in [2.75, 3.05) is 0 Å². The third-order valence-electron chi connectivity index (χ3n) is 3.78. The van der Waals surface area contributed by atoms with Crippen molar-refractivity contribution in [2.24, 2.45) is 11.3 Å². The number of rotatable bonds is 2. The predicted molar refractivity (Wildman–Crippen MR) is 62.0 cm³/mol. The van der Waals surface area contributed by atoms with Crippen molar-refractivity contribution in [3.63, 3.8) is 0 Å². The second-order valence-electron chi connectivity index (χ2n) is 4.43. The average molecular weight is 184 g/mol. The van der Waals surface area contributed by atoms with E-state index in [1.165, 1.54) is 38.5 Å². The van der Waals surface area contributed by atoms with Gasteiger partial charge in [-0.05, 0) is 24.2 Å². The lowest BCUT2D eigenvalue weighted by molar-refractivity contribution is 0.112. The fourth-order valence-corrected chi connectivity index (χ4v) is 2.60. The molecule has 1 rings (SSSR count). The zero-order chi connectivity index (χ0) is 10.3. The van der Waals surface area contributed by atoms with Crippen LogP contribution in [0.25, 0.3) is 0 Å². The van der Waals surface area contributed by atoms with Gasteiger partial charge in [-0.3, -0.25) is 0 Å². The van der Waals surface area contributed by atoms with Gasteiger partial charge in [-0.15, -0.1) is 0 Å². The van der Waals surface area contributed by atoms with Crippen LogP contribution in [0.4, 0.5) is 0 Å². The minimum Gasteiger partial charge on any atom is -0.0683 e. The van der Waals surface area contributed by atoms with Crippen LogP contribution in [-0.2, 0) is 0 Å². The van der Waals surface area contributed by atoms with Gasteiger partial charge in [0.2, 0.25) is 0 Å². The molecule has 1 saturated carbocycles. The standard InChI is InChI=1S/C11H22.C2H6/c1-4-11(10(2)3)8-6-5-7-9-11;1-2/h10H,4-9H2,1-3H3;1-2H3. The summed E-state index contributed by atoms with van der Waals surface area (Å²) in [5.41, 5.74) is 0.720. The van der Waals surface area contributed by atoms with Crippen molar-refractivity contribution in [1.82, 2.24) is 0 Å². The first-order chi connectivity index (χ1) is 6.21. The van der Waals surface area contributed by atoms with Gasteiger partial charge in [0.15, 0.2) is 0 Å². The molecule has 0 amide bonds. The Bertz CT molecular complexity index is 107. The van der Waals surface area contributed by atoms with E-state index in [1.54, 1.807) is 0 Å². The number of hydrogen-bond acceptors (Lipinski definition) is 0. The molecule has 0 aromatic rings. The minimum absolute atomic E-state index is 0.720. The maximum atomic E-state index is 2.40. The molecule has 0 unspecified atom stereocenters. The van der Waals surface area contributed by atoms with Crippen LogP contribution in [-0.4, -0.2) is 0 Å². The van der Waals surface area contributed by atoms with Gasteiger partial charge in [0.1, 0.15) is 0 Å². The highest BCUT2D eigenvalue weighted by Crippen LogP contribution is 2.44.